The van der Waals surface area contributed by atoms with Gasteiger partial charge in [0.15, 0.2) is 0 Å². The van der Waals surface area contributed by atoms with Crippen LogP contribution in [0.3, 0.4) is 0 Å². The predicted octanol–water partition coefficient (Wildman–Crippen LogP) is 3.37. The second-order valence-corrected chi connectivity index (χ2v) is 4.81. The van der Waals surface area contributed by atoms with Gasteiger partial charge in [0.25, 0.3) is 0 Å². The van der Waals surface area contributed by atoms with Gasteiger partial charge in [0.2, 0.25) is 0 Å². The van der Waals surface area contributed by atoms with E-state index in [1.165, 1.54) is 11.1 Å². The maximum Gasteiger partial charge on any atom is 0.129 e. The molecule has 0 radical (unpaired) electrons. The molecule has 4 nitrogen and oxygen atoms in total. The smallest absolute Gasteiger partial charge is 0.129 e. The fourth-order valence-electron chi connectivity index (χ4n) is 2.44. The minimum absolute atomic E-state index is 0.703. The molecule has 0 atom stereocenters. The molecule has 2 heterocycles. The van der Waals surface area contributed by atoms with Crippen LogP contribution >= 0.6 is 0 Å². The summed E-state index contributed by atoms with van der Waals surface area (Å²) >= 11 is 0. The Morgan fingerprint density at radius 1 is 1.20 bits per heavy atom. The Hall–Kier alpha value is -2.36. The molecule has 0 amide bonds. The average Bonchev–Trinajstić information content (AvgIpc) is 2.84. The molecule has 1 aromatic carbocycles. The normalized spacial score (nSPS) is 10.9. The molecular formula is C16H18N4. The molecule has 4 heteroatoms. The Balaban J connectivity index is 1.89. The van der Waals surface area contributed by atoms with Crippen LogP contribution in [0, 0.1) is 6.92 Å². The summed E-state index contributed by atoms with van der Waals surface area (Å²) in [5.74, 6) is 1.05. The first kappa shape index (κ1) is 12.7. The van der Waals surface area contributed by atoms with Crippen LogP contribution in [0.5, 0.6) is 0 Å². The molecule has 0 fully saturated rings. The Morgan fingerprint density at radius 2 is 2.05 bits per heavy atom. The Bertz CT molecular complexity index is 730. The zero-order chi connectivity index (χ0) is 13.9. The number of anilines is 1. The second kappa shape index (κ2) is 5.33. The lowest BCUT2D eigenvalue weighted by Gasteiger charge is -2.10. The number of nitrogens with zero attached hydrogens (tertiary/aromatic N) is 3. The van der Waals surface area contributed by atoms with E-state index in [2.05, 4.69) is 46.9 Å². The molecule has 0 aliphatic rings. The number of aryl methyl sites for hydroxylation is 2. The number of rotatable bonds is 4. The summed E-state index contributed by atoms with van der Waals surface area (Å²) in [5, 5.41) is 3.42. The molecule has 0 saturated carbocycles. The highest BCUT2D eigenvalue weighted by Gasteiger charge is 2.08. The molecule has 0 aliphatic heterocycles. The molecule has 3 aromatic rings. The third kappa shape index (κ3) is 2.25. The Morgan fingerprint density at radius 3 is 2.85 bits per heavy atom. The molecule has 0 saturated heterocycles. The summed E-state index contributed by atoms with van der Waals surface area (Å²) in [6, 6.07) is 10.3. The number of hydrogen-bond acceptors (Lipinski definition) is 3. The van der Waals surface area contributed by atoms with Crippen LogP contribution in [0.2, 0.25) is 0 Å². The van der Waals surface area contributed by atoms with Crippen molar-refractivity contribution in [1.82, 2.24) is 14.5 Å². The lowest BCUT2D eigenvalue weighted by Crippen LogP contribution is -2.08. The summed E-state index contributed by atoms with van der Waals surface area (Å²) in [7, 11) is 0. The molecule has 0 bridgehead atoms. The third-order valence-corrected chi connectivity index (χ3v) is 3.53. The zero-order valence-electron chi connectivity index (χ0n) is 11.8. The number of hydrogen-bond donors (Lipinski definition) is 1. The monoisotopic (exact) mass is 266 g/mol. The van der Waals surface area contributed by atoms with E-state index < -0.39 is 0 Å². The van der Waals surface area contributed by atoms with Gasteiger partial charge in [-0.1, -0.05) is 12.1 Å². The van der Waals surface area contributed by atoms with Gasteiger partial charge < -0.3 is 9.88 Å². The summed E-state index contributed by atoms with van der Waals surface area (Å²) in [4.78, 5) is 8.86. The number of para-hydroxylation sites is 2. The summed E-state index contributed by atoms with van der Waals surface area (Å²) in [6.07, 6.45) is 3.66. The van der Waals surface area contributed by atoms with E-state index in [0.717, 1.165) is 23.6 Å². The van der Waals surface area contributed by atoms with Crippen LogP contribution < -0.4 is 5.32 Å². The van der Waals surface area contributed by atoms with Crippen molar-refractivity contribution >= 4 is 16.7 Å². The summed E-state index contributed by atoms with van der Waals surface area (Å²) in [6.45, 7) is 5.85. The highest BCUT2D eigenvalue weighted by Crippen LogP contribution is 2.18. The van der Waals surface area contributed by atoms with Gasteiger partial charge in [0, 0.05) is 12.7 Å². The van der Waals surface area contributed by atoms with Gasteiger partial charge in [-0.25, -0.2) is 4.98 Å². The first-order chi connectivity index (χ1) is 9.79. The van der Waals surface area contributed by atoms with Crippen molar-refractivity contribution in [2.75, 3.05) is 5.32 Å². The van der Waals surface area contributed by atoms with E-state index >= 15 is 0 Å². The minimum Gasteiger partial charge on any atom is -0.376 e. The second-order valence-electron chi connectivity index (χ2n) is 4.81. The molecular weight excluding hydrogens is 248 g/mol. The Labute approximate surface area is 118 Å². The van der Waals surface area contributed by atoms with Gasteiger partial charge in [-0.2, -0.15) is 0 Å². The maximum atomic E-state index is 4.71. The van der Waals surface area contributed by atoms with Gasteiger partial charge >= 0.3 is 0 Å². The van der Waals surface area contributed by atoms with Crippen molar-refractivity contribution < 1.29 is 0 Å². The maximum absolute atomic E-state index is 4.71. The molecule has 1 N–H and O–H groups in total. The van der Waals surface area contributed by atoms with Crippen LogP contribution in [0.25, 0.3) is 11.0 Å². The zero-order valence-corrected chi connectivity index (χ0v) is 11.8. The van der Waals surface area contributed by atoms with Crippen LogP contribution in [-0.4, -0.2) is 14.5 Å². The molecule has 0 spiro atoms. The molecule has 2 aromatic heterocycles. The number of benzene rings is 1. The predicted molar refractivity (Wildman–Crippen MR) is 81.7 cm³/mol. The van der Waals surface area contributed by atoms with E-state index in [1.807, 2.05) is 24.5 Å². The van der Waals surface area contributed by atoms with E-state index in [4.69, 9.17) is 4.98 Å². The quantitative estimate of drug-likeness (QED) is 0.787. The lowest BCUT2D eigenvalue weighted by atomic mass is 10.2. The first-order valence-electron chi connectivity index (χ1n) is 6.88. The number of fused-ring (bicyclic) bond motifs is 1. The van der Waals surface area contributed by atoms with Crippen molar-refractivity contribution in [3.63, 3.8) is 0 Å². The Kier molecular flexibility index (Phi) is 3.37. The molecule has 20 heavy (non-hydrogen) atoms. The highest BCUT2D eigenvalue weighted by molar-refractivity contribution is 5.76. The first-order valence-corrected chi connectivity index (χ1v) is 6.88. The van der Waals surface area contributed by atoms with Gasteiger partial charge in [-0.05, 0) is 37.6 Å². The number of pyridine rings is 1. The fraction of sp³-hybridized carbons (Fsp3) is 0.250. The van der Waals surface area contributed by atoms with E-state index in [-0.39, 0.29) is 0 Å². The lowest BCUT2D eigenvalue weighted by molar-refractivity contribution is 0.728. The molecule has 3 rings (SSSR count). The third-order valence-electron chi connectivity index (χ3n) is 3.53. The van der Waals surface area contributed by atoms with E-state index in [9.17, 15) is 0 Å². The summed E-state index contributed by atoms with van der Waals surface area (Å²) in [5.41, 5.74) is 4.49. The van der Waals surface area contributed by atoms with Crippen molar-refractivity contribution in [2.45, 2.75) is 26.9 Å². The van der Waals surface area contributed by atoms with Crippen LogP contribution in [0.4, 0.5) is 5.69 Å². The van der Waals surface area contributed by atoms with Crippen molar-refractivity contribution in [2.24, 2.45) is 0 Å². The van der Waals surface area contributed by atoms with E-state index in [1.54, 1.807) is 0 Å². The molecule has 102 valence electrons. The number of aromatic nitrogens is 3. The largest absolute Gasteiger partial charge is 0.376 e. The van der Waals surface area contributed by atoms with Crippen molar-refractivity contribution in [3.8, 4) is 0 Å². The average molecular weight is 266 g/mol. The number of imidazole rings is 1. The van der Waals surface area contributed by atoms with Crippen molar-refractivity contribution in [3.05, 3.63) is 54.1 Å². The standard InChI is InChI=1S/C16H18N4/c1-3-20-15-7-5-4-6-13(15)19-16(20)11-18-14-10-17-9-8-12(14)2/h4-10,18H,3,11H2,1-2H3. The van der Waals surface area contributed by atoms with Crippen LogP contribution in [0.1, 0.15) is 18.3 Å². The topological polar surface area (TPSA) is 42.7 Å². The summed E-state index contributed by atoms with van der Waals surface area (Å²) < 4.78 is 2.24. The van der Waals surface area contributed by atoms with Gasteiger partial charge in [0.05, 0.1) is 29.5 Å². The van der Waals surface area contributed by atoms with Gasteiger partial charge in [-0.3, -0.25) is 4.98 Å². The van der Waals surface area contributed by atoms with Crippen molar-refractivity contribution in [1.29, 1.82) is 0 Å². The number of nitrogens with one attached hydrogen (secondary N) is 1. The SMILES string of the molecule is CCn1c(CNc2cnccc2C)nc2ccccc21. The van der Waals surface area contributed by atoms with E-state index in [0.29, 0.717) is 6.54 Å². The molecule has 0 aliphatic carbocycles. The molecule has 0 unspecified atom stereocenters. The van der Waals surface area contributed by atoms with Gasteiger partial charge in [0.1, 0.15) is 5.82 Å². The minimum atomic E-state index is 0.703. The van der Waals surface area contributed by atoms with Gasteiger partial charge in [-0.15, -0.1) is 0 Å². The van der Waals surface area contributed by atoms with Crippen LogP contribution in [-0.2, 0) is 13.1 Å². The highest BCUT2D eigenvalue weighted by atomic mass is 15.1. The fourth-order valence-corrected chi connectivity index (χ4v) is 2.44. The van der Waals surface area contributed by atoms with Crippen LogP contribution in [0.15, 0.2) is 42.7 Å².